The molecule has 1 unspecified atom stereocenters. The maximum Gasteiger partial charge on any atom is 0.311 e. The van der Waals surface area contributed by atoms with Gasteiger partial charge in [-0.05, 0) is 24.0 Å². The number of hydrogen-bond donors (Lipinski definition) is 3. The van der Waals surface area contributed by atoms with E-state index >= 15 is 0 Å². The number of carbonyl (C=O) groups is 1. The summed E-state index contributed by atoms with van der Waals surface area (Å²) < 4.78 is 0. The first-order chi connectivity index (χ1) is 11.3. The van der Waals surface area contributed by atoms with Crippen molar-refractivity contribution in [1.29, 1.82) is 0 Å². The van der Waals surface area contributed by atoms with Crippen LogP contribution < -0.4 is 0 Å². The Morgan fingerprint density at radius 2 is 1.79 bits per heavy atom. The third-order valence-corrected chi connectivity index (χ3v) is 3.88. The van der Waals surface area contributed by atoms with Crippen LogP contribution in [0.25, 0.3) is 0 Å². The van der Waals surface area contributed by atoms with Crippen LogP contribution in [0.15, 0.2) is 36.4 Å². The van der Waals surface area contributed by atoms with Crippen molar-refractivity contribution in [2.45, 2.75) is 25.7 Å². The first-order valence-electron chi connectivity index (χ1n) is 7.34. The van der Waals surface area contributed by atoms with E-state index in [2.05, 4.69) is 0 Å². The number of aromatic hydroxyl groups is 2. The number of rotatable bonds is 6. The number of benzene rings is 2. The number of aryl methyl sites for hydroxylation is 1. The van der Waals surface area contributed by atoms with E-state index in [0.717, 1.165) is 24.1 Å². The van der Waals surface area contributed by atoms with Crippen molar-refractivity contribution in [3.05, 3.63) is 63.2 Å². The van der Waals surface area contributed by atoms with E-state index in [1.807, 2.05) is 19.1 Å². The van der Waals surface area contributed by atoms with Crippen molar-refractivity contribution < 1.29 is 25.0 Å². The Bertz CT molecular complexity index is 769. The molecule has 2 aromatic rings. The maximum atomic E-state index is 11.6. The SMILES string of the molecule is CCc1ccc(C(Cc2cc([N+](=O)[O-])c(O)cc2O)C(=O)O)cc1. The Labute approximate surface area is 138 Å². The third kappa shape index (κ3) is 3.62. The lowest BCUT2D eigenvalue weighted by Crippen LogP contribution is -2.14. The van der Waals surface area contributed by atoms with E-state index in [1.54, 1.807) is 12.1 Å². The molecule has 2 aromatic carbocycles. The van der Waals surface area contributed by atoms with Gasteiger partial charge >= 0.3 is 11.7 Å². The molecule has 3 N–H and O–H groups in total. The van der Waals surface area contributed by atoms with Crippen molar-refractivity contribution in [2.75, 3.05) is 0 Å². The number of phenolic OH excluding ortho intramolecular Hbond substituents is 2. The maximum absolute atomic E-state index is 11.6. The van der Waals surface area contributed by atoms with Crippen LogP contribution in [0.4, 0.5) is 5.69 Å². The van der Waals surface area contributed by atoms with E-state index < -0.39 is 28.2 Å². The summed E-state index contributed by atoms with van der Waals surface area (Å²) in [4.78, 5) is 21.7. The second-order valence-corrected chi connectivity index (χ2v) is 5.42. The van der Waals surface area contributed by atoms with Crippen LogP contribution >= 0.6 is 0 Å². The van der Waals surface area contributed by atoms with Crippen LogP contribution in [0.5, 0.6) is 11.5 Å². The largest absolute Gasteiger partial charge is 0.508 e. The highest BCUT2D eigenvalue weighted by Crippen LogP contribution is 2.35. The lowest BCUT2D eigenvalue weighted by atomic mass is 9.90. The molecule has 0 spiro atoms. The summed E-state index contributed by atoms with van der Waals surface area (Å²) in [5, 5.41) is 39.7. The van der Waals surface area contributed by atoms with Gasteiger partial charge in [-0.3, -0.25) is 14.9 Å². The van der Waals surface area contributed by atoms with Crippen molar-refractivity contribution in [3.63, 3.8) is 0 Å². The number of hydrogen-bond acceptors (Lipinski definition) is 5. The fraction of sp³-hybridized carbons (Fsp3) is 0.235. The molecule has 0 amide bonds. The molecule has 24 heavy (non-hydrogen) atoms. The molecule has 0 saturated heterocycles. The summed E-state index contributed by atoms with van der Waals surface area (Å²) >= 11 is 0. The Hall–Kier alpha value is -3.09. The molecule has 7 heteroatoms. The summed E-state index contributed by atoms with van der Waals surface area (Å²) in [6.45, 7) is 1.98. The zero-order valence-corrected chi connectivity index (χ0v) is 13.0. The predicted octanol–water partition coefficient (Wildman–Crippen LogP) is 2.98. The van der Waals surface area contributed by atoms with Crippen LogP contribution in [0.2, 0.25) is 0 Å². The molecule has 0 aromatic heterocycles. The lowest BCUT2D eigenvalue weighted by Gasteiger charge is -2.14. The highest BCUT2D eigenvalue weighted by Gasteiger charge is 2.25. The summed E-state index contributed by atoms with van der Waals surface area (Å²) in [5.74, 6) is -3.12. The minimum absolute atomic E-state index is 0.0893. The van der Waals surface area contributed by atoms with Gasteiger partial charge in [0, 0.05) is 17.7 Å². The van der Waals surface area contributed by atoms with Crippen LogP contribution in [0.3, 0.4) is 0 Å². The fourth-order valence-corrected chi connectivity index (χ4v) is 2.47. The normalized spacial score (nSPS) is 11.9. The molecule has 0 aliphatic rings. The standard InChI is InChI=1S/C17H17NO6/c1-2-10-3-5-11(6-4-10)13(17(21)22)7-12-8-14(18(23)24)16(20)9-15(12)19/h3-6,8-9,13,19-20H,2,7H2,1H3,(H,21,22). The van der Waals surface area contributed by atoms with E-state index in [4.69, 9.17) is 0 Å². The van der Waals surface area contributed by atoms with Gasteiger partial charge in [-0.2, -0.15) is 0 Å². The molecule has 1 atom stereocenters. The van der Waals surface area contributed by atoms with E-state index in [1.165, 1.54) is 0 Å². The quantitative estimate of drug-likeness (QED) is 0.552. The third-order valence-electron chi connectivity index (χ3n) is 3.88. The zero-order chi connectivity index (χ0) is 17.9. The molecular formula is C17H17NO6. The average molecular weight is 331 g/mol. The second-order valence-electron chi connectivity index (χ2n) is 5.42. The molecule has 0 saturated carbocycles. The van der Waals surface area contributed by atoms with Crippen LogP contribution in [-0.4, -0.2) is 26.2 Å². The van der Waals surface area contributed by atoms with Crippen molar-refractivity contribution in [2.24, 2.45) is 0 Å². The van der Waals surface area contributed by atoms with Gasteiger partial charge in [-0.1, -0.05) is 31.2 Å². The van der Waals surface area contributed by atoms with Gasteiger partial charge in [0.25, 0.3) is 0 Å². The molecule has 0 heterocycles. The van der Waals surface area contributed by atoms with Crippen molar-refractivity contribution >= 4 is 11.7 Å². The van der Waals surface area contributed by atoms with Gasteiger partial charge in [0.1, 0.15) is 5.75 Å². The minimum Gasteiger partial charge on any atom is -0.508 e. The summed E-state index contributed by atoms with van der Waals surface area (Å²) in [7, 11) is 0. The summed E-state index contributed by atoms with van der Waals surface area (Å²) in [5.41, 5.74) is 1.11. The van der Waals surface area contributed by atoms with Crippen LogP contribution in [0, 0.1) is 10.1 Å². The lowest BCUT2D eigenvalue weighted by molar-refractivity contribution is -0.385. The average Bonchev–Trinajstić information content (AvgIpc) is 2.53. The zero-order valence-electron chi connectivity index (χ0n) is 13.0. The van der Waals surface area contributed by atoms with Gasteiger partial charge in [0.15, 0.2) is 5.75 Å². The van der Waals surface area contributed by atoms with Gasteiger partial charge in [-0.25, -0.2) is 0 Å². The van der Waals surface area contributed by atoms with E-state index in [-0.39, 0.29) is 17.7 Å². The van der Waals surface area contributed by atoms with Crippen molar-refractivity contribution in [1.82, 2.24) is 0 Å². The van der Waals surface area contributed by atoms with E-state index in [0.29, 0.717) is 5.56 Å². The number of carboxylic acid groups (broad SMARTS) is 1. The number of nitrogens with zero attached hydrogens (tertiary/aromatic N) is 1. The summed E-state index contributed by atoms with van der Waals surface area (Å²) in [6, 6.07) is 8.90. The predicted molar refractivity (Wildman–Crippen MR) is 86.3 cm³/mol. The molecule has 0 bridgehead atoms. The van der Waals surface area contributed by atoms with Crippen LogP contribution in [0.1, 0.15) is 29.5 Å². The highest BCUT2D eigenvalue weighted by molar-refractivity contribution is 5.77. The Balaban J connectivity index is 2.39. The van der Waals surface area contributed by atoms with E-state index in [9.17, 15) is 30.2 Å². The number of carboxylic acids is 1. The number of aliphatic carboxylic acids is 1. The Kier molecular flexibility index (Phi) is 5.03. The van der Waals surface area contributed by atoms with Gasteiger partial charge in [0.05, 0.1) is 10.8 Å². The number of nitro benzene ring substituents is 1. The minimum atomic E-state index is -1.10. The summed E-state index contributed by atoms with van der Waals surface area (Å²) in [6.07, 6.45) is 0.691. The smallest absolute Gasteiger partial charge is 0.311 e. The van der Waals surface area contributed by atoms with Crippen molar-refractivity contribution in [3.8, 4) is 11.5 Å². The molecular weight excluding hydrogens is 314 g/mol. The topological polar surface area (TPSA) is 121 Å². The molecule has 0 aliphatic carbocycles. The van der Waals surface area contributed by atoms with Gasteiger partial charge in [0.2, 0.25) is 0 Å². The number of phenols is 2. The Morgan fingerprint density at radius 3 is 2.29 bits per heavy atom. The molecule has 2 rings (SSSR count). The highest BCUT2D eigenvalue weighted by atomic mass is 16.6. The monoisotopic (exact) mass is 331 g/mol. The van der Waals surface area contributed by atoms with Crippen LogP contribution in [-0.2, 0) is 17.6 Å². The molecule has 0 radical (unpaired) electrons. The first kappa shape index (κ1) is 17.3. The number of nitro groups is 1. The van der Waals surface area contributed by atoms with Gasteiger partial charge in [-0.15, -0.1) is 0 Å². The fourth-order valence-electron chi connectivity index (χ4n) is 2.47. The molecule has 0 aliphatic heterocycles. The molecule has 7 nitrogen and oxygen atoms in total. The van der Waals surface area contributed by atoms with Gasteiger partial charge < -0.3 is 15.3 Å². The second kappa shape index (κ2) is 6.99. The molecule has 126 valence electrons. The molecule has 0 fully saturated rings. The Morgan fingerprint density at radius 1 is 1.17 bits per heavy atom. The first-order valence-corrected chi connectivity index (χ1v) is 7.34.